The van der Waals surface area contributed by atoms with Crippen molar-refractivity contribution in [2.75, 3.05) is 32.9 Å². The number of rotatable bonds is 5. The highest BCUT2D eigenvalue weighted by atomic mass is 16.5. The standard InChI is InChI=1S/C22H23N3O4/c1-3-28-22(26)20-19(23-14-25-9-11-27-12-10-25)18-15(2)13-17(24-21(18)29-20)16-7-5-4-6-8-16/h4-8,13-14H,3,9-12H2,1-2H3. The van der Waals surface area contributed by atoms with E-state index in [-0.39, 0.29) is 12.4 Å². The van der Waals surface area contributed by atoms with Gasteiger partial charge in [-0.25, -0.2) is 14.8 Å². The fraction of sp³-hybridized carbons (Fsp3) is 0.318. The summed E-state index contributed by atoms with van der Waals surface area (Å²) in [6, 6.07) is 11.8. The summed E-state index contributed by atoms with van der Waals surface area (Å²) in [5, 5.41) is 0.720. The Morgan fingerprint density at radius 3 is 2.76 bits per heavy atom. The zero-order valence-electron chi connectivity index (χ0n) is 16.6. The maximum absolute atomic E-state index is 12.5. The lowest BCUT2D eigenvalue weighted by molar-refractivity contribution is 0.0493. The maximum Gasteiger partial charge on any atom is 0.376 e. The zero-order valence-corrected chi connectivity index (χ0v) is 16.6. The molecule has 0 N–H and O–H groups in total. The number of morpholine rings is 1. The van der Waals surface area contributed by atoms with E-state index in [0.717, 1.165) is 35.3 Å². The molecule has 4 rings (SSSR count). The molecule has 3 aromatic rings. The van der Waals surface area contributed by atoms with Crippen molar-refractivity contribution in [2.24, 2.45) is 4.99 Å². The third-order valence-electron chi connectivity index (χ3n) is 4.76. The van der Waals surface area contributed by atoms with E-state index >= 15 is 0 Å². The van der Waals surface area contributed by atoms with E-state index in [1.165, 1.54) is 0 Å². The first-order valence-electron chi connectivity index (χ1n) is 9.70. The molecule has 0 spiro atoms. The summed E-state index contributed by atoms with van der Waals surface area (Å²) in [6.45, 7) is 6.80. The second-order valence-electron chi connectivity index (χ2n) is 6.76. The molecule has 7 nitrogen and oxygen atoms in total. The van der Waals surface area contributed by atoms with Crippen molar-refractivity contribution in [3.63, 3.8) is 0 Å². The Bertz CT molecular complexity index is 1040. The molecule has 0 atom stereocenters. The SMILES string of the molecule is CCOC(=O)c1oc2nc(-c3ccccc3)cc(C)c2c1N=CN1CCOCC1. The van der Waals surface area contributed by atoms with Crippen molar-refractivity contribution < 1.29 is 18.7 Å². The van der Waals surface area contributed by atoms with Gasteiger partial charge in [-0.2, -0.15) is 0 Å². The number of fused-ring (bicyclic) bond motifs is 1. The van der Waals surface area contributed by atoms with Crippen LogP contribution >= 0.6 is 0 Å². The van der Waals surface area contributed by atoms with E-state index in [0.29, 0.717) is 24.6 Å². The number of hydrogen-bond acceptors (Lipinski definition) is 6. The van der Waals surface area contributed by atoms with Crippen LogP contribution in [-0.4, -0.2) is 55.1 Å². The molecule has 0 radical (unpaired) electrons. The van der Waals surface area contributed by atoms with Crippen molar-refractivity contribution in [2.45, 2.75) is 13.8 Å². The molecule has 7 heteroatoms. The van der Waals surface area contributed by atoms with Crippen molar-refractivity contribution in [1.29, 1.82) is 0 Å². The summed E-state index contributed by atoms with van der Waals surface area (Å²) in [5.41, 5.74) is 3.52. The summed E-state index contributed by atoms with van der Waals surface area (Å²) >= 11 is 0. The van der Waals surface area contributed by atoms with Gasteiger partial charge < -0.3 is 18.8 Å². The summed E-state index contributed by atoms with van der Waals surface area (Å²) in [7, 11) is 0. The summed E-state index contributed by atoms with van der Waals surface area (Å²) in [5.74, 6) is -0.465. The van der Waals surface area contributed by atoms with Crippen LogP contribution in [0, 0.1) is 6.92 Å². The first-order valence-corrected chi connectivity index (χ1v) is 9.70. The van der Waals surface area contributed by atoms with Crippen LogP contribution in [0.2, 0.25) is 0 Å². The second-order valence-corrected chi connectivity index (χ2v) is 6.76. The Morgan fingerprint density at radius 2 is 2.03 bits per heavy atom. The number of pyridine rings is 1. The van der Waals surface area contributed by atoms with Gasteiger partial charge in [-0.3, -0.25) is 0 Å². The van der Waals surface area contributed by atoms with Crippen molar-refractivity contribution in [3.05, 3.63) is 47.7 Å². The predicted molar refractivity (Wildman–Crippen MR) is 111 cm³/mol. The summed E-state index contributed by atoms with van der Waals surface area (Å²) in [6.07, 6.45) is 1.74. The van der Waals surface area contributed by atoms with Crippen LogP contribution < -0.4 is 0 Å². The summed E-state index contributed by atoms with van der Waals surface area (Å²) < 4.78 is 16.4. The molecule has 0 bridgehead atoms. The third-order valence-corrected chi connectivity index (χ3v) is 4.76. The van der Waals surface area contributed by atoms with Crippen LogP contribution in [0.15, 0.2) is 45.8 Å². The van der Waals surface area contributed by atoms with Gasteiger partial charge in [0.1, 0.15) is 5.69 Å². The number of benzene rings is 1. The molecule has 0 aliphatic carbocycles. The van der Waals surface area contributed by atoms with Gasteiger partial charge in [-0.1, -0.05) is 30.3 Å². The smallest absolute Gasteiger partial charge is 0.376 e. The van der Waals surface area contributed by atoms with Crippen LogP contribution in [0.1, 0.15) is 23.0 Å². The van der Waals surface area contributed by atoms with Crippen molar-refractivity contribution >= 4 is 29.1 Å². The molecular formula is C22H23N3O4. The molecule has 0 saturated carbocycles. The molecule has 2 aromatic heterocycles. The number of ether oxygens (including phenoxy) is 2. The predicted octanol–water partition coefficient (Wildman–Crippen LogP) is 3.97. The molecule has 1 fully saturated rings. The molecular weight excluding hydrogens is 370 g/mol. The molecule has 0 unspecified atom stereocenters. The van der Waals surface area contributed by atoms with Gasteiger partial charge in [0.2, 0.25) is 11.5 Å². The quantitative estimate of drug-likeness (QED) is 0.371. The first-order chi connectivity index (χ1) is 14.2. The fourth-order valence-corrected chi connectivity index (χ4v) is 3.31. The normalized spacial score (nSPS) is 14.6. The third kappa shape index (κ3) is 4.00. The van der Waals surface area contributed by atoms with E-state index < -0.39 is 5.97 Å². The van der Waals surface area contributed by atoms with E-state index in [1.54, 1.807) is 13.3 Å². The van der Waals surface area contributed by atoms with Crippen LogP contribution in [0.25, 0.3) is 22.4 Å². The van der Waals surface area contributed by atoms with Crippen LogP contribution in [0.4, 0.5) is 5.69 Å². The summed E-state index contributed by atoms with van der Waals surface area (Å²) in [4.78, 5) is 23.8. The van der Waals surface area contributed by atoms with E-state index in [2.05, 4.69) is 14.9 Å². The number of aliphatic imine (C=N–C) groups is 1. The lowest BCUT2D eigenvalue weighted by atomic mass is 10.1. The maximum atomic E-state index is 12.5. The molecule has 0 amide bonds. The van der Waals surface area contributed by atoms with Gasteiger partial charge in [0.25, 0.3) is 0 Å². The van der Waals surface area contributed by atoms with E-state index in [4.69, 9.17) is 13.9 Å². The average Bonchev–Trinajstić information content (AvgIpc) is 3.13. The largest absolute Gasteiger partial charge is 0.460 e. The van der Waals surface area contributed by atoms with Gasteiger partial charge in [-0.05, 0) is 25.5 Å². The molecule has 29 heavy (non-hydrogen) atoms. The molecule has 1 aliphatic heterocycles. The monoisotopic (exact) mass is 393 g/mol. The Balaban J connectivity index is 1.81. The Labute approximate surface area is 169 Å². The zero-order chi connectivity index (χ0) is 20.2. The van der Waals surface area contributed by atoms with Crippen LogP contribution in [0.5, 0.6) is 0 Å². The number of carbonyl (C=O) groups excluding carboxylic acids is 1. The number of aryl methyl sites for hydroxylation is 1. The second kappa shape index (κ2) is 8.45. The van der Waals surface area contributed by atoms with Crippen LogP contribution in [0.3, 0.4) is 0 Å². The minimum absolute atomic E-state index is 0.0761. The Kier molecular flexibility index (Phi) is 5.57. The highest BCUT2D eigenvalue weighted by molar-refractivity contribution is 6.04. The van der Waals surface area contributed by atoms with Crippen LogP contribution in [-0.2, 0) is 9.47 Å². The van der Waals surface area contributed by atoms with Crippen molar-refractivity contribution in [1.82, 2.24) is 9.88 Å². The van der Waals surface area contributed by atoms with Crippen molar-refractivity contribution in [3.8, 4) is 11.3 Å². The minimum Gasteiger partial charge on any atom is -0.460 e. The number of aromatic nitrogens is 1. The van der Waals surface area contributed by atoms with Gasteiger partial charge >= 0.3 is 5.97 Å². The number of nitrogens with zero attached hydrogens (tertiary/aromatic N) is 3. The highest BCUT2D eigenvalue weighted by Crippen LogP contribution is 2.37. The highest BCUT2D eigenvalue weighted by Gasteiger charge is 2.24. The molecule has 150 valence electrons. The number of esters is 1. The minimum atomic E-state index is -0.541. The molecule has 1 aromatic carbocycles. The molecule has 3 heterocycles. The van der Waals surface area contributed by atoms with E-state index in [9.17, 15) is 4.79 Å². The van der Waals surface area contributed by atoms with Gasteiger partial charge in [0.15, 0.2) is 0 Å². The average molecular weight is 393 g/mol. The lowest BCUT2D eigenvalue weighted by Crippen LogP contribution is -2.35. The Hall–Kier alpha value is -3.19. The van der Waals surface area contributed by atoms with Gasteiger partial charge in [0, 0.05) is 18.7 Å². The topological polar surface area (TPSA) is 77.2 Å². The number of hydrogen-bond donors (Lipinski definition) is 0. The van der Waals surface area contributed by atoms with Gasteiger partial charge in [-0.15, -0.1) is 0 Å². The molecule has 1 aliphatic rings. The first kappa shape index (κ1) is 19.1. The lowest BCUT2D eigenvalue weighted by Gasteiger charge is -2.24. The fourth-order valence-electron chi connectivity index (χ4n) is 3.31. The Morgan fingerprint density at radius 1 is 1.28 bits per heavy atom. The number of furan rings is 1. The number of carbonyl (C=O) groups is 1. The van der Waals surface area contributed by atoms with E-state index in [1.807, 2.05) is 43.3 Å². The molecule has 1 saturated heterocycles. The van der Waals surface area contributed by atoms with Gasteiger partial charge in [0.05, 0.1) is 37.2 Å².